The Hall–Kier alpha value is -3.29. The van der Waals surface area contributed by atoms with E-state index in [1.165, 1.54) is 14.2 Å². The molecule has 0 aromatic heterocycles. The molecule has 10 atom stereocenters. The summed E-state index contributed by atoms with van der Waals surface area (Å²) in [6, 6.07) is 7.07. The highest BCUT2D eigenvalue weighted by Crippen LogP contribution is 2.57. The van der Waals surface area contributed by atoms with Gasteiger partial charge >= 0.3 is 5.97 Å². The number of phenols is 1. The molecule has 12 nitrogen and oxygen atoms in total. The average Bonchev–Trinajstić information content (AvgIpc) is 3.61. The lowest BCUT2D eigenvalue weighted by Crippen LogP contribution is -2.59. The van der Waals surface area contributed by atoms with E-state index >= 15 is 0 Å². The number of phenolic OH excluding ortho intramolecular Hbond substituents is 1. The number of cyclic esters (lactones) is 1. The van der Waals surface area contributed by atoms with E-state index in [1.54, 1.807) is 19.1 Å². The van der Waals surface area contributed by atoms with Crippen LogP contribution in [0.1, 0.15) is 42.1 Å². The molecule has 3 N–H and O–H groups in total. The van der Waals surface area contributed by atoms with Gasteiger partial charge in [0.2, 0.25) is 12.5 Å². The average molecular weight is 587 g/mol. The van der Waals surface area contributed by atoms with Gasteiger partial charge in [0.15, 0.2) is 29.3 Å². The molecule has 226 valence electrons. The van der Waals surface area contributed by atoms with E-state index in [2.05, 4.69) is 0 Å². The highest BCUT2D eigenvalue weighted by Gasteiger charge is 2.55. The van der Waals surface area contributed by atoms with Crippen LogP contribution in [0.5, 0.6) is 28.7 Å². The summed E-state index contributed by atoms with van der Waals surface area (Å²) in [6.07, 6.45) is -4.45. The van der Waals surface area contributed by atoms with Crippen molar-refractivity contribution >= 4 is 5.97 Å². The van der Waals surface area contributed by atoms with E-state index in [1.807, 2.05) is 12.1 Å². The van der Waals surface area contributed by atoms with Crippen molar-refractivity contribution in [3.8, 4) is 28.7 Å². The fourth-order valence-electron chi connectivity index (χ4n) is 7.24. The second-order valence-corrected chi connectivity index (χ2v) is 11.5. The first-order valence-corrected chi connectivity index (χ1v) is 14.1. The highest BCUT2D eigenvalue weighted by atomic mass is 16.7. The number of hydrogen-bond donors (Lipinski definition) is 3. The number of carbonyl (C=O) groups excluding carboxylic acids is 1. The Morgan fingerprint density at radius 1 is 0.905 bits per heavy atom. The Labute approximate surface area is 241 Å². The van der Waals surface area contributed by atoms with Crippen molar-refractivity contribution in [3.63, 3.8) is 0 Å². The molecule has 0 amide bonds. The number of hydrogen-bond acceptors (Lipinski definition) is 12. The molecule has 5 aliphatic rings. The number of esters is 1. The monoisotopic (exact) mass is 586 g/mol. The zero-order valence-electron chi connectivity index (χ0n) is 23.4. The third kappa shape index (κ3) is 4.27. The van der Waals surface area contributed by atoms with Crippen LogP contribution in [0, 0.1) is 17.8 Å². The Morgan fingerprint density at radius 2 is 1.60 bits per heavy atom. The molecular weight excluding hydrogens is 552 g/mol. The van der Waals surface area contributed by atoms with Gasteiger partial charge in [-0.05, 0) is 54.3 Å². The molecule has 2 aliphatic carbocycles. The lowest BCUT2D eigenvalue weighted by molar-refractivity contribution is -0.289. The summed E-state index contributed by atoms with van der Waals surface area (Å²) in [5.41, 5.74) is 2.18. The Balaban J connectivity index is 1.32. The smallest absolute Gasteiger partial charge is 0.310 e. The zero-order chi connectivity index (χ0) is 29.3. The molecular formula is C30H34O12. The van der Waals surface area contributed by atoms with Crippen molar-refractivity contribution in [2.24, 2.45) is 17.8 Å². The summed E-state index contributed by atoms with van der Waals surface area (Å²) < 4.78 is 46.1. The van der Waals surface area contributed by atoms with Gasteiger partial charge in [0.25, 0.3) is 0 Å². The van der Waals surface area contributed by atoms with Gasteiger partial charge in [-0.1, -0.05) is 0 Å². The predicted molar refractivity (Wildman–Crippen MR) is 142 cm³/mol. The molecule has 2 aromatic carbocycles. The van der Waals surface area contributed by atoms with Gasteiger partial charge in [-0.2, -0.15) is 0 Å². The number of aromatic hydroxyl groups is 1. The van der Waals surface area contributed by atoms with Crippen LogP contribution in [-0.2, 0) is 23.7 Å². The second-order valence-electron chi connectivity index (χ2n) is 11.5. The molecule has 7 rings (SSSR count). The van der Waals surface area contributed by atoms with E-state index in [-0.39, 0.29) is 42.5 Å². The van der Waals surface area contributed by atoms with E-state index in [4.69, 9.17) is 37.9 Å². The van der Waals surface area contributed by atoms with Crippen LogP contribution >= 0.6 is 0 Å². The van der Waals surface area contributed by atoms with Crippen molar-refractivity contribution < 1.29 is 58.0 Å². The van der Waals surface area contributed by atoms with Crippen LogP contribution in [-0.4, -0.2) is 86.2 Å². The number of ether oxygens (including phenoxy) is 8. The van der Waals surface area contributed by atoms with Gasteiger partial charge in [0.1, 0.15) is 12.2 Å². The molecule has 0 bridgehead atoms. The quantitative estimate of drug-likeness (QED) is 0.440. The number of aliphatic hydroxyl groups is 2. The maximum Gasteiger partial charge on any atom is 0.310 e. The van der Waals surface area contributed by atoms with E-state index < -0.39 is 54.6 Å². The van der Waals surface area contributed by atoms with Gasteiger partial charge < -0.3 is 53.2 Å². The molecule has 3 heterocycles. The Bertz CT molecular complexity index is 1350. The number of fused-ring (bicyclic) bond motifs is 4. The number of aliphatic hydroxyl groups excluding tert-OH is 2. The van der Waals surface area contributed by atoms with Gasteiger partial charge in [0.05, 0.1) is 51.7 Å². The Morgan fingerprint density at radius 3 is 2.29 bits per heavy atom. The largest absolute Gasteiger partial charge is 0.502 e. The van der Waals surface area contributed by atoms with Crippen molar-refractivity contribution in [1.29, 1.82) is 0 Å². The number of carbonyl (C=O) groups is 1. The minimum absolute atomic E-state index is 0.0548. The number of methoxy groups -OCH3 is 2. The van der Waals surface area contributed by atoms with Crippen molar-refractivity contribution in [1.82, 2.24) is 0 Å². The van der Waals surface area contributed by atoms with Crippen LogP contribution in [0.25, 0.3) is 0 Å². The lowest BCUT2D eigenvalue weighted by atomic mass is 9.66. The second kappa shape index (κ2) is 10.5. The van der Waals surface area contributed by atoms with Crippen LogP contribution in [0.15, 0.2) is 24.3 Å². The van der Waals surface area contributed by atoms with E-state index in [0.717, 1.165) is 11.1 Å². The zero-order valence-corrected chi connectivity index (χ0v) is 23.4. The van der Waals surface area contributed by atoms with Gasteiger partial charge in [-0.3, -0.25) is 4.79 Å². The van der Waals surface area contributed by atoms with Gasteiger partial charge in [-0.15, -0.1) is 0 Å². The normalized spacial score (nSPS) is 36.5. The van der Waals surface area contributed by atoms with Crippen molar-refractivity contribution in [2.75, 3.05) is 34.2 Å². The standard InChI is InChI=1S/C30H34O12/c1-12-37-9-14-6-22(26(32)27(33)28(14)41-12)42-29-16-8-19-18(39-11-40-19)7-15(16)23(24-17(29)10-38-30(24)34)13-4-20(35-2)25(31)21(5-13)36-3/h4-5,7-8,12,14,17,22-24,26-29,31-33H,6,9-11H2,1-3H3. The summed E-state index contributed by atoms with van der Waals surface area (Å²) in [7, 11) is 2.89. The fourth-order valence-corrected chi connectivity index (χ4v) is 7.24. The summed E-state index contributed by atoms with van der Waals surface area (Å²) >= 11 is 0. The first-order chi connectivity index (χ1) is 20.3. The maximum absolute atomic E-state index is 13.4. The van der Waals surface area contributed by atoms with Crippen LogP contribution in [0.2, 0.25) is 0 Å². The van der Waals surface area contributed by atoms with Crippen molar-refractivity contribution in [2.45, 2.75) is 56.1 Å². The molecule has 42 heavy (non-hydrogen) atoms. The summed E-state index contributed by atoms with van der Waals surface area (Å²) in [5, 5.41) is 32.7. The fraction of sp³-hybridized carbons (Fsp3) is 0.567. The molecule has 2 aromatic rings. The van der Waals surface area contributed by atoms with E-state index in [0.29, 0.717) is 30.1 Å². The summed E-state index contributed by atoms with van der Waals surface area (Å²) in [5.74, 6) is -0.854. The molecule has 0 radical (unpaired) electrons. The lowest BCUT2D eigenvalue weighted by Gasteiger charge is -2.48. The third-order valence-corrected chi connectivity index (χ3v) is 9.26. The van der Waals surface area contributed by atoms with Crippen LogP contribution in [0.4, 0.5) is 0 Å². The first kappa shape index (κ1) is 27.5. The third-order valence-electron chi connectivity index (χ3n) is 9.26. The maximum atomic E-state index is 13.4. The van der Waals surface area contributed by atoms with Crippen molar-refractivity contribution in [3.05, 3.63) is 41.0 Å². The number of benzene rings is 2. The first-order valence-electron chi connectivity index (χ1n) is 14.1. The predicted octanol–water partition coefficient (Wildman–Crippen LogP) is 2.00. The summed E-state index contributed by atoms with van der Waals surface area (Å²) in [4.78, 5) is 13.4. The molecule has 2 saturated heterocycles. The van der Waals surface area contributed by atoms with Crippen LogP contribution in [0.3, 0.4) is 0 Å². The molecule has 0 spiro atoms. The topological polar surface area (TPSA) is 152 Å². The SMILES string of the molecule is COc1cc(C2c3cc4c(cc3C(OC3CC5COC(C)OC5C(O)C3O)C3COC(=O)C23)OCO4)cc(OC)c1O. The van der Waals surface area contributed by atoms with Gasteiger partial charge in [0, 0.05) is 17.8 Å². The molecule has 12 heteroatoms. The molecule has 3 fully saturated rings. The minimum atomic E-state index is -1.21. The molecule has 10 unspecified atom stereocenters. The van der Waals surface area contributed by atoms with E-state index in [9.17, 15) is 20.1 Å². The molecule has 3 aliphatic heterocycles. The highest BCUT2D eigenvalue weighted by molar-refractivity contribution is 5.79. The molecule has 1 saturated carbocycles. The van der Waals surface area contributed by atoms with Gasteiger partial charge in [-0.25, -0.2) is 0 Å². The minimum Gasteiger partial charge on any atom is -0.502 e. The van der Waals surface area contributed by atoms with Crippen LogP contribution < -0.4 is 18.9 Å². The summed E-state index contributed by atoms with van der Waals surface area (Å²) in [6.45, 7) is 2.29. The number of rotatable bonds is 5. The Kier molecular flexibility index (Phi) is 6.86.